The minimum Gasteiger partial charge on any atom is -0.506 e. The molecular formula is C57H48Br2F6N10O7S2. The van der Waals surface area contributed by atoms with E-state index in [1.807, 2.05) is 12.1 Å². The van der Waals surface area contributed by atoms with E-state index in [2.05, 4.69) is 93.9 Å². The average Bonchev–Trinajstić information content (AvgIpc) is 1.61. The second-order valence-corrected chi connectivity index (χ2v) is 23.0. The van der Waals surface area contributed by atoms with E-state index < -0.39 is 70.7 Å². The van der Waals surface area contributed by atoms with Gasteiger partial charge in [0.15, 0.2) is 23.5 Å². The molecule has 0 bridgehead atoms. The summed E-state index contributed by atoms with van der Waals surface area (Å²) < 4.78 is 110. The molecule has 8 heterocycles. The number of halogens is 8. The molecule has 0 amide bonds. The highest BCUT2D eigenvalue weighted by molar-refractivity contribution is 9.10. The topological polar surface area (TPSA) is 252 Å². The summed E-state index contributed by atoms with van der Waals surface area (Å²) in [5.41, 5.74) is 10.0. The fourth-order valence-electron chi connectivity index (χ4n) is 8.90. The van der Waals surface area contributed by atoms with E-state index in [1.165, 1.54) is 80.0 Å². The van der Waals surface area contributed by atoms with Gasteiger partial charge in [-0.3, -0.25) is 0 Å². The lowest BCUT2D eigenvalue weighted by molar-refractivity contribution is 0.240. The van der Waals surface area contributed by atoms with Crippen LogP contribution in [-0.4, -0.2) is 86.6 Å². The lowest BCUT2D eigenvalue weighted by atomic mass is 9.84. The Kier molecular flexibility index (Phi) is 20.9. The zero-order chi connectivity index (χ0) is 59.9. The third kappa shape index (κ3) is 15.1. The molecule has 8 aromatic rings. The van der Waals surface area contributed by atoms with E-state index in [4.69, 9.17) is 46.4 Å². The second-order valence-electron chi connectivity index (χ2n) is 18.5. The maximum Gasteiger partial charge on any atom is 0.232 e. The van der Waals surface area contributed by atoms with Crippen LogP contribution in [0.5, 0.6) is 17.2 Å². The van der Waals surface area contributed by atoms with Crippen molar-refractivity contribution in [3.63, 3.8) is 0 Å². The first-order chi connectivity index (χ1) is 40.5. The predicted octanol–water partition coefficient (Wildman–Crippen LogP) is 11.0. The highest BCUT2D eigenvalue weighted by atomic mass is 79.9. The van der Waals surface area contributed by atoms with Gasteiger partial charge >= 0.3 is 0 Å². The molecule has 12 rings (SSSR count). The van der Waals surface area contributed by atoms with Crippen LogP contribution < -0.4 is 20.9 Å². The summed E-state index contributed by atoms with van der Waals surface area (Å²) in [6.07, 6.45) is 19.6. The summed E-state index contributed by atoms with van der Waals surface area (Å²) in [4.78, 5) is 32.0. The van der Waals surface area contributed by atoms with Crippen LogP contribution in [0.4, 0.5) is 26.3 Å². The van der Waals surface area contributed by atoms with Crippen LogP contribution in [0.1, 0.15) is 58.5 Å². The molecule has 6 atom stereocenters. The van der Waals surface area contributed by atoms with Crippen LogP contribution in [0, 0.1) is 47.7 Å². The fourth-order valence-corrected chi connectivity index (χ4v) is 11.9. The molecule has 4 aliphatic rings. The van der Waals surface area contributed by atoms with Crippen molar-refractivity contribution in [2.24, 2.45) is 33.3 Å². The van der Waals surface area contributed by atoms with Gasteiger partial charge in [-0.25, -0.2) is 66.2 Å². The first-order valence-corrected chi connectivity index (χ1v) is 28.1. The number of benzene rings is 2. The van der Waals surface area contributed by atoms with Gasteiger partial charge in [-0.1, -0.05) is 35.4 Å². The summed E-state index contributed by atoms with van der Waals surface area (Å²) in [5.74, 6) is 8.83. The van der Waals surface area contributed by atoms with Gasteiger partial charge in [-0.05, 0) is 123 Å². The SMILES string of the molecule is Brc1ccc(OCc2ncco2)cn1.C#Cc1ccc(F)c([C@@]2(CF)N=C(N)S[C@@]3(CF)C[C@H]32)c1.NC1=N[C@](CF)(c2cc(C#Cc3ccc(OCc4ncco4)cn3)ccc2F)[C@@H]2C[C@]2(CF)S1.OCc1ncco1.Oc1ccc(Br)nc1. The molecule has 27 heteroatoms. The highest BCUT2D eigenvalue weighted by Gasteiger charge is 2.69. The number of hydrogen-bond donors (Lipinski definition) is 4. The number of hydrogen-bond acceptors (Lipinski definition) is 19. The zero-order valence-electron chi connectivity index (χ0n) is 43.7. The van der Waals surface area contributed by atoms with Crippen LogP contribution in [0.3, 0.4) is 0 Å². The first-order valence-electron chi connectivity index (χ1n) is 24.9. The van der Waals surface area contributed by atoms with E-state index >= 15 is 0 Å². The quantitative estimate of drug-likeness (QED) is 0.0476. The van der Waals surface area contributed by atoms with Gasteiger partial charge in [0.25, 0.3) is 0 Å². The van der Waals surface area contributed by atoms with Crippen molar-refractivity contribution in [3.8, 4) is 41.4 Å². The number of aliphatic hydroxyl groups excluding tert-OH is 1. The Morgan fingerprint density at radius 3 is 1.48 bits per heavy atom. The molecule has 0 saturated heterocycles. The van der Waals surface area contributed by atoms with Gasteiger partial charge in [0.2, 0.25) is 17.7 Å². The van der Waals surface area contributed by atoms with E-state index in [0.717, 1.165) is 32.7 Å². The number of aromatic nitrogens is 6. The number of aromatic hydroxyl groups is 1. The molecule has 2 aliphatic heterocycles. The summed E-state index contributed by atoms with van der Waals surface area (Å²) >= 11 is 8.58. The molecule has 6 N–H and O–H groups in total. The molecule has 6 aromatic heterocycles. The number of fused-ring (bicyclic) bond motifs is 2. The van der Waals surface area contributed by atoms with Crippen molar-refractivity contribution >= 4 is 65.7 Å². The maximum atomic E-state index is 14.9. The monoisotopic (exact) mass is 1320 g/mol. The van der Waals surface area contributed by atoms with E-state index in [9.17, 15) is 26.3 Å². The smallest absolute Gasteiger partial charge is 0.232 e. The van der Waals surface area contributed by atoms with Crippen molar-refractivity contribution in [1.82, 2.24) is 29.9 Å². The van der Waals surface area contributed by atoms with Gasteiger partial charge in [-0.2, -0.15) is 0 Å². The number of oxazole rings is 3. The van der Waals surface area contributed by atoms with Crippen molar-refractivity contribution in [2.45, 2.75) is 53.2 Å². The molecule has 2 fully saturated rings. The Morgan fingerprint density at radius 1 is 0.607 bits per heavy atom. The lowest BCUT2D eigenvalue weighted by Crippen LogP contribution is -2.40. The number of nitrogens with zero attached hydrogens (tertiary/aromatic N) is 8. The van der Waals surface area contributed by atoms with E-state index in [0.29, 0.717) is 65.4 Å². The van der Waals surface area contributed by atoms with Gasteiger partial charge in [0.1, 0.15) is 107 Å². The summed E-state index contributed by atoms with van der Waals surface area (Å²) in [6, 6.07) is 18.5. The molecule has 436 valence electrons. The Labute approximate surface area is 501 Å². The number of pyridine rings is 3. The Bertz CT molecular complexity index is 3600. The first kappa shape index (κ1) is 62.2. The normalized spacial score (nSPS) is 21.9. The van der Waals surface area contributed by atoms with E-state index in [1.54, 1.807) is 36.7 Å². The molecule has 0 spiro atoms. The van der Waals surface area contributed by atoms with Crippen LogP contribution in [0.25, 0.3) is 0 Å². The number of aliphatic imine (C=N–C) groups is 2. The average molecular weight is 1320 g/mol. The van der Waals surface area contributed by atoms with Crippen molar-refractivity contribution < 1.29 is 59.3 Å². The van der Waals surface area contributed by atoms with Crippen LogP contribution in [-0.2, 0) is 30.9 Å². The molecule has 0 radical (unpaired) electrons. The number of ether oxygens (including phenoxy) is 2. The summed E-state index contributed by atoms with van der Waals surface area (Å²) in [7, 11) is 0. The lowest BCUT2D eigenvalue weighted by Gasteiger charge is -2.34. The van der Waals surface area contributed by atoms with Crippen molar-refractivity contribution in [3.05, 3.63) is 195 Å². The molecule has 84 heavy (non-hydrogen) atoms. The molecule has 2 aliphatic carbocycles. The minimum atomic E-state index is -1.55. The zero-order valence-corrected chi connectivity index (χ0v) is 48.5. The van der Waals surface area contributed by atoms with Crippen LogP contribution >= 0.6 is 55.4 Å². The number of rotatable bonds is 13. The Balaban J connectivity index is 0.000000155. The summed E-state index contributed by atoms with van der Waals surface area (Å²) in [6.45, 7) is -2.87. The molecule has 17 nitrogen and oxygen atoms in total. The molecule has 0 unspecified atom stereocenters. The van der Waals surface area contributed by atoms with Crippen molar-refractivity contribution in [1.29, 1.82) is 0 Å². The highest BCUT2D eigenvalue weighted by Crippen LogP contribution is 2.67. The molecular weight excluding hydrogens is 1270 g/mol. The number of nitrogens with two attached hydrogens (primary N) is 2. The van der Waals surface area contributed by atoms with Gasteiger partial charge in [-0.15, -0.1) is 6.42 Å². The second kappa shape index (κ2) is 28.2. The van der Waals surface area contributed by atoms with E-state index in [-0.39, 0.29) is 40.4 Å². The van der Waals surface area contributed by atoms with Gasteiger partial charge in [0, 0.05) is 34.1 Å². The summed E-state index contributed by atoms with van der Waals surface area (Å²) in [5, 5.41) is 17.1. The number of terminal acetylenes is 1. The predicted molar refractivity (Wildman–Crippen MR) is 308 cm³/mol. The third-order valence-electron chi connectivity index (χ3n) is 13.1. The minimum absolute atomic E-state index is 0.0358. The van der Waals surface area contributed by atoms with Gasteiger partial charge in [0.05, 0.1) is 46.7 Å². The van der Waals surface area contributed by atoms with Crippen LogP contribution in [0.2, 0.25) is 0 Å². The van der Waals surface area contributed by atoms with Gasteiger partial charge < -0.3 is 44.4 Å². The molecule has 2 aromatic carbocycles. The Hall–Kier alpha value is -7.82. The Morgan fingerprint density at radius 2 is 1.08 bits per heavy atom. The largest absolute Gasteiger partial charge is 0.506 e. The standard InChI is InChI=1S/C24H19F3N4O2S.C15H13F3N2S.C9H7BrN2O2.C5H4BrNO.C4H5NO2/c25-13-23-10-20(23)24(14-26,31-22(28)34-23)18-9-15(2-6-19(18)27)1-3-16-4-5-17(11-30-16)33-12-21-29-7-8-32-21;1-2-9-3-4-11(18)10(5-9)15(8-17)12-6-14(12,7-16)21-13(19)20-15;10-8-2-1-7(5-12-8)14-6-9-11-3-4-13-9;6-5-2-1-4(8)3-7-5;6-3-4-5-1-2-7-4/h2,4-9,11,20H,10,12-14H2,(H2,28,31);1,3-5,12H,6-8H2,(H2,19,20);1-5H,6H2;1-3,8H;1-2,6H,3H2/t20-,23-,24-;12-,14-,15-;;;/m11.../s1. The van der Waals surface area contributed by atoms with Crippen molar-refractivity contribution in [2.75, 3.05) is 26.7 Å². The number of amidine groups is 2. The number of thioether (sulfide) groups is 2. The number of aliphatic hydroxyl groups is 1. The van der Waals surface area contributed by atoms with Crippen LogP contribution in [0.15, 0.2) is 161 Å². The third-order valence-corrected chi connectivity index (χ3v) is 16.6. The molecule has 2 saturated carbocycles. The number of alkyl halides is 4. The maximum absolute atomic E-state index is 14.9. The fraction of sp³-hybridized carbons (Fsp3) is 0.263.